The molecule has 2 aromatic rings. The lowest BCUT2D eigenvalue weighted by atomic mass is 10.0. The molecule has 1 saturated heterocycles. The number of piperidine rings is 1. The number of carbonyl (C=O) groups excluding carboxylic acids is 1. The Bertz CT molecular complexity index is 885. The van der Waals surface area contributed by atoms with Crippen LogP contribution in [0.15, 0.2) is 48.0 Å². The van der Waals surface area contributed by atoms with Crippen LogP contribution in [-0.4, -0.2) is 23.9 Å². The Kier molecular flexibility index (Phi) is 6.52. The number of nitrogens with one attached hydrogen (secondary N) is 1. The maximum atomic E-state index is 13.4. The van der Waals surface area contributed by atoms with Crippen molar-refractivity contribution in [1.29, 1.82) is 0 Å². The van der Waals surface area contributed by atoms with Crippen molar-refractivity contribution in [3.8, 4) is 0 Å². The number of hydrogen-bond donors (Lipinski definition) is 1. The summed E-state index contributed by atoms with van der Waals surface area (Å²) in [6.07, 6.45) is 3.18. The van der Waals surface area contributed by atoms with Crippen LogP contribution in [-0.2, 0) is 17.9 Å². The van der Waals surface area contributed by atoms with Crippen LogP contribution in [0.2, 0.25) is 0 Å². The van der Waals surface area contributed by atoms with E-state index in [1.54, 1.807) is 19.1 Å². The first-order valence-electron chi connectivity index (χ1n) is 9.29. The minimum absolute atomic E-state index is 0.149. The highest BCUT2D eigenvalue weighted by Gasteiger charge is 2.15. The summed E-state index contributed by atoms with van der Waals surface area (Å²) in [7, 11) is 0. The van der Waals surface area contributed by atoms with Crippen molar-refractivity contribution in [2.45, 2.75) is 32.9 Å². The maximum Gasteiger partial charge on any atom is 0.244 e. The van der Waals surface area contributed by atoms with Crippen molar-refractivity contribution >= 4 is 5.91 Å². The molecule has 1 aliphatic heterocycles. The van der Waals surface area contributed by atoms with Crippen molar-refractivity contribution in [3.05, 3.63) is 82.2 Å². The van der Waals surface area contributed by atoms with Crippen molar-refractivity contribution in [1.82, 2.24) is 10.2 Å². The second-order valence-corrected chi connectivity index (χ2v) is 7.13. The van der Waals surface area contributed by atoms with Crippen LogP contribution in [0.3, 0.4) is 0 Å². The van der Waals surface area contributed by atoms with E-state index in [9.17, 15) is 18.0 Å². The molecule has 0 bridgehead atoms. The average Bonchev–Trinajstić information content (AvgIpc) is 2.67. The molecule has 3 nitrogen and oxygen atoms in total. The summed E-state index contributed by atoms with van der Waals surface area (Å²) >= 11 is 0. The Labute approximate surface area is 162 Å². The number of carbonyl (C=O) groups is 1. The largest absolute Gasteiger partial charge is 0.348 e. The molecule has 0 atom stereocenters. The number of amides is 1. The summed E-state index contributed by atoms with van der Waals surface area (Å²) in [6.45, 7) is 4.33. The van der Waals surface area contributed by atoms with Gasteiger partial charge in [-0.1, -0.05) is 23.8 Å². The summed E-state index contributed by atoms with van der Waals surface area (Å²) in [4.78, 5) is 14.4. The number of nitrogens with zero attached hydrogens (tertiary/aromatic N) is 1. The first-order valence-corrected chi connectivity index (χ1v) is 9.29. The molecule has 1 fully saturated rings. The minimum Gasteiger partial charge on any atom is -0.348 e. The van der Waals surface area contributed by atoms with E-state index in [0.29, 0.717) is 11.1 Å². The van der Waals surface area contributed by atoms with E-state index in [0.717, 1.165) is 55.7 Å². The van der Waals surface area contributed by atoms with Crippen LogP contribution in [0.1, 0.15) is 29.5 Å². The van der Waals surface area contributed by atoms with E-state index in [4.69, 9.17) is 0 Å². The topological polar surface area (TPSA) is 32.3 Å². The van der Waals surface area contributed by atoms with Crippen LogP contribution >= 0.6 is 0 Å². The molecule has 0 radical (unpaired) electrons. The monoisotopic (exact) mass is 388 g/mol. The lowest BCUT2D eigenvalue weighted by Crippen LogP contribution is -2.31. The number of hydrogen-bond acceptors (Lipinski definition) is 2. The molecule has 0 spiro atoms. The van der Waals surface area contributed by atoms with Gasteiger partial charge in [0.2, 0.25) is 5.91 Å². The molecule has 1 N–H and O–H groups in total. The second kappa shape index (κ2) is 9.06. The third kappa shape index (κ3) is 5.45. The van der Waals surface area contributed by atoms with Gasteiger partial charge in [0.1, 0.15) is 5.82 Å². The molecule has 3 rings (SSSR count). The van der Waals surface area contributed by atoms with Gasteiger partial charge in [0, 0.05) is 32.3 Å². The number of rotatable bonds is 5. The normalized spacial score (nSPS) is 14.8. The fraction of sp³-hybridized carbons (Fsp3) is 0.318. The summed E-state index contributed by atoms with van der Waals surface area (Å²) < 4.78 is 39.5. The van der Waals surface area contributed by atoms with Gasteiger partial charge in [0.15, 0.2) is 11.6 Å². The zero-order chi connectivity index (χ0) is 20.1. The number of aryl methyl sites for hydroxylation is 1. The van der Waals surface area contributed by atoms with Gasteiger partial charge < -0.3 is 5.32 Å². The van der Waals surface area contributed by atoms with Crippen LogP contribution in [0, 0.1) is 24.4 Å². The van der Waals surface area contributed by atoms with Crippen LogP contribution in [0.25, 0.3) is 0 Å². The lowest BCUT2D eigenvalue weighted by Gasteiger charge is -2.28. The van der Waals surface area contributed by atoms with Gasteiger partial charge in [-0.2, -0.15) is 0 Å². The van der Waals surface area contributed by atoms with Gasteiger partial charge >= 0.3 is 0 Å². The van der Waals surface area contributed by atoms with Crippen LogP contribution in [0.4, 0.5) is 13.2 Å². The molecule has 1 aliphatic rings. The zero-order valence-electron chi connectivity index (χ0n) is 15.8. The van der Waals surface area contributed by atoms with Gasteiger partial charge in [0.25, 0.3) is 0 Å². The zero-order valence-corrected chi connectivity index (χ0v) is 15.8. The molecule has 6 heteroatoms. The van der Waals surface area contributed by atoms with E-state index >= 15 is 0 Å². The van der Waals surface area contributed by atoms with Gasteiger partial charge in [0.05, 0.1) is 0 Å². The number of benzene rings is 2. The van der Waals surface area contributed by atoms with E-state index in [1.807, 2.05) is 6.07 Å². The second-order valence-electron chi connectivity index (χ2n) is 7.13. The van der Waals surface area contributed by atoms with E-state index < -0.39 is 11.6 Å². The van der Waals surface area contributed by atoms with E-state index in [1.165, 1.54) is 12.1 Å². The molecule has 1 heterocycles. The van der Waals surface area contributed by atoms with Crippen molar-refractivity contribution in [2.24, 2.45) is 0 Å². The fourth-order valence-corrected chi connectivity index (χ4v) is 3.28. The Balaban J connectivity index is 1.46. The van der Waals surface area contributed by atoms with Gasteiger partial charge in [-0.05, 0) is 54.7 Å². The van der Waals surface area contributed by atoms with Crippen molar-refractivity contribution in [3.63, 3.8) is 0 Å². The smallest absolute Gasteiger partial charge is 0.244 e. The quantitative estimate of drug-likeness (QED) is 0.777. The Morgan fingerprint density at radius 2 is 1.68 bits per heavy atom. The third-order valence-electron chi connectivity index (χ3n) is 4.91. The summed E-state index contributed by atoms with van der Waals surface area (Å²) in [5.74, 6) is -2.25. The molecule has 0 aliphatic carbocycles. The summed E-state index contributed by atoms with van der Waals surface area (Å²) in [6, 6.07) is 8.75. The number of halogens is 3. The van der Waals surface area contributed by atoms with E-state index in [2.05, 4.69) is 10.2 Å². The molecule has 1 amide bonds. The lowest BCUT2D eigenvalue weighted by molar-refractivity contribution is -0.116. The molecule has 148 valence electrons. The predicted octanol–water partition coefficient (Wildman–Crippen LogP) is 4.25. The minimum atomic E-state index is -0.922. The molecule has 28 heavy (non-hydrogen) atoms. The standard InChI is InChI=1S/C22H23F3N2O/c1-15-10-18(3-4-19(15)23)14-27-8-6-16(7-9-27)12-22(28)26-13-17-2-5-20(24)21(25)11-17/h2-5,10-12H,6-9,13-14H2,1H3,(H,26,28). The first kappa shape index (κ1) is 20.1. The molecule has 0 aromatic heterocycles. The van der Waals surface area contributed by atoms with Gasteiger partial charge in [-0.15, -0.1) is 0 Å². The van der Waals surface area contributed by atoms with Gasteiger partial charge in [-0.25, -0.2) is 13.2 Å². The SMILES string of the molecule is Cc1cc(CN2CCC(=CC(=O)NCc3ccc(F)c(F)c3)CC2)ccc1F. The summed E-state index contributed by atoms with van der Waals surface area (Å²) in [5.41, 5.74) is 3.30. The Morgan fingerprint density at radius 1 is 1.00 bits per heavy atom. The predicted molar refractivity (Wildman–Crippen MR) is 102 cm³/mol. The fourth-order valence-electron chi connectivity index (χ4n) is 3.28. The van der Waals surface area contributed by atoms with E-state index in [-0.39, 0.29) is 18.3 Å². The van der Waals surface area contributed by atoms with Crippen molar-refractivity contribution < 1.29 is 18.0 Å². The molecular weight excluding hydrogens is 365 g/mol. The van der Waals surface area contributed by atoms with Crippen LogP contribution in [0.5, 0.6) is 0 Å². The number of likely N-dealkylation sites (tertiary alicyclic amines) is 1. The molecule has 0 saturated carbocycles. The molecular formula is C22H23F3N2O. The Morgan fingerprint density at radius 3 is 2.36 bits per heavy atom. The highest BCUT2D eigenvalue weighted by Crippen LogP contribution is 2.19. The van der Waals surface area contributed by atoms with Crippen LogP contribution < -0.4 is 5.32 Å². The van der Waals surface area contributed by atoms with Crippen molar-refractivity contribution in [2.75, 3.05) is 13.1 Å². The third-order valence-corrected chi connectivity index (χ3v) is 4.91. The highest BCUT2D eigenvalue weighted by atomic mass is 19.2. The molecule has 2 aromatic carbocycles. The summed E-state index contributed by atoms with van der Waals surface area (Å²) in [5, 5.41) is 2.70. The average molecular weight is 388 g/mol. The Hall–Kier alpha value is -2.60. The molecule has 0 unspecified atom stereocenters. The first-order chi connectivity index (χ1) is 13.4. The highest BCUT2D eigenvalue weighted by molar-refractivity contribution is 5.88. The maximum absolute atomic E-state index is 13.4. The van der Waals surface area contributed by atoms with Gasteiger partial charge in [-0.3, -0.25) is 9.69 Å².